The van der Waals surface area contributed by atoms with Crippen LogP contribution in [0, 0.1) is 19.8 Å². The molecule has 6 nitrogen and oxygen atoms in total. The fourth-order valence-corrected chi connectivity index (χ4v) is 2.06. The molecule has 1 rings (SSSR count). The maximum absolute atomic E-state index is 11.9. The van der Waals surface area contributed by atoms with Gasteiger partial charge >= 0.3 is 5.97 Å². The van der Waals surface area contributed by atoms with Crippen LogP contribution in [0.1, 0.15) is 37.2 Å². The standard InChI is InChI=1S/C15H23N3O3/c1-9(2)13(8-15(20)21)16-14(19)7-6-12-10(3)17-18(5)11(12)4/h6-7,9,13H,8H2,1-5H3,(H,16,19)(H,20,21)/b7-6+. The van der Waals surface area contributed by atoms with Crippen LogP contribution in [-0.2, 0) is 16.6 Å². The Morgan fingerprint density at radius 3 is 2.43 bits per heavy atom. The van der Waals surface area contributed by atoms with Crippen molar-refractivity contribution in [2.75, 3.05) is 0 Å². The van der Waals surface area contributed by atoms with Crippen molar-refractivity contribution >= 4 is 18.0 Å². The normalized spacial score (nSPS) is 12.9. The minimum atomic E-state index is -0.920. The van der Waals surface area contributed by atoms with Gasteiger partial charge in [-0.05, 0) is 25.8 Å². The number of carboxylic acids is 1. The number of carbonyl (C=O) groups excluding carboxylic acids is 1. The monoisotopic (exact) mass is 293 g/mol. The van der Waals surface area contributed by atoms with Crippen LogP contribution in [0.2, 0.25) is 0 Å². The first kappa shape index (κ1) is 16.9. The Labute approximate surface area is 124 Å². The van der Waals surface area contributed by atoms with Crippen LogP contribution in [0.25, 0.3) is 6.08 Å². The average Bonchev–Trinajstić information content (AvgIpc) is 2.60. The van der Waals surface area contributed by atoms with Gasteiger partial charge in [0.25, 0.3) is 0 Å². The zero-order chi connectivity index (χ0) is 16.2. The summed E-state index contributed by atoms with van der Waals surface area (Å²) in [4.78, 5) is 22.7. The van der Waals surface area contributed by atoms with E-state index < -0.39 is 5.97 Å². The molecular formula is C15H23N3O3. The van der Waals surface area contributed by atoms with Gasteiger partial charge in [0.2, 0.25) is 5.91 Å². The highest BCUT2D eigenvalue weighted by molar-refractivity contribution is 5.92. The summed E-state index contributed by atoms with van der Waals surface area (Å²) < 4.78 is 1.76. The van der Waals surface area contributed by atoms with Gasteiger partial charge in [-0.25, -0.2) is 0 Å². The van der Waals surface area contributed by atoms with Crippen molar-refractivity contribution in [2.45, 2.75) is 40.2 Å². The number of aromatic nitrogens is 2. The molecule has 1 unspecified atom stereocenters. The number of carboxylic acid groups (broad SMARTS) is 1. The van der Waals surface area contributed by atoms with Crippen molar-refractivity contribution in [1.29, 1.82) is 0 Å². The summed E-state index contributed by atoms with van der Waals surface area (Å²) in [5.74, 6) is -1.16. The van der Waals surface area contributed by atoms with Gasteiger partial charge in [-0.15, -0.1) is 0 Å². The SMILES string of the molecule is Cc1nn(C)c(C)c1/C=C/C(=O)NC(CC(=O)O)C(C)C. The van der Waals surface area contributed by atoms with Crippen molar-refractivity contribution in [2.24, 2.45) is 13.0 Å². The molecule has 2 N–H and O–H groups in total. The van der Waals surface area contributed by atoms with Crippen molar-refractivity contribution in [3.63, 3.8) is 0 Å². The van der Waals surface area contributed by atoms with E-state index >= 15 is 0 Å². The Morgan fingerprint density at radius 2 is 2.00 bits per heavy atom. The van der Waals surface area contributed by atoms with Crippen molar-refractivity contribution < 1.29 is 14.7 Å². The lowest BCUT2D eigenvalue weighted by molar-refractivity contribution is -0.138. The van der Waals surface area contributed by atoms with E-state index in [0.717, 1.165) is 17.0 Å². The van der Waals surface area contributed by atoms with Crippen molar-refractivity contribution in [3.05, 3.63) is 23.0 Å². The molecule has 1 aromatic heterocycles. The van der Waals surface area contributed by atoms with Gasteiger partial charge in [-0.2, -0.15) is 5.10 Å². The summed E-state index contributed by atoms with van der Waals surface area (Å²) in [6.45, 7) is 7.57. The third-order valence-corrected chi connectivity index (χ3v) is 3.49. The fourth-order valence-electron chi connectivity index (χ4n) is 2.06. The molecule has 21 heavy (non-hydrogen) atoms. The zero-order valence-corrected chi connectivity index (χ0v) is 13.2. The number of aryl methyl sites for hydroxylation is 2. The minimum Gasteiger partial charge on any atom is -0.481 e. The van der Waals surface area contributed by atoms with E-state index in [0.29, 0.717) is 0 Å². The minimum absolute atomic E-state index is 0.0558. The first-order chi connectivity index (χ1) is 9.72. The van der Waals surface area contributed by atoms with E-state index in [1.54, 1.807) is 10.8 Å². The molecule has 116 valence electrons. The van der Waals surface area contributed by atoms with Crippen LogP contribution < -0.4 is 5.32 Å². The number of hydrogen-bond acceptors (Lipinski definition) is 3. The van der Waals surface area contributed by atoms with E-state index in [2.05, 4.69) is 10.4 Å². The quantitative estimate of drug-likeness (QED) is 0.781. The largest absolute Gasteiger partial charge is 0.481 e. The van der Waals surface area contributed by atoms with Crippen LogP contribution in [0.5, 0.6) is 0 Å². The highest BCUT2D eigenvalue weighted by Crippen LogP contribution is 2.13. The van der Waals surface area contributed by atoms with Crippen LogP contribution >= 0.6 is 0 Å². The lowest BCUT2D eigenvalue weighted by Gasteiger charge is -2.19. The Bertz CT molecular complexity index is 559. The second-order valence-corrected chi connectivity index (χ2v) is 5.50. The molecule has 0 aliphatic carbocycles. The maximum Gasteiger partial charge on any atom is 0.305 e. The third-order valence-electron chi connectivity index (χ3n) is 3.49. The average molecular weight is 293 g/mol. The lowest BCUT2D eigenvalue weighted by Crippen LogP contribution is -2.39. The van der Waals surface area contributed by atoms with Gasteiger partial charge in [0.1, 0.15) is 0 Å². The molecule has 0 aromatic carbocycles. The Hall–Kier alpha value is -2.11. The van der Waals surface area contributed by atoms with Crippen LogP contribution in [0.15, 0.2) is 6.08 Å². The van der Waals surface area contributed by atoms with Gasteiger partial charge in [-0.3, -0.25) is 14.3 Å². The van der Waals surface area contributed by atoms with E-state index in [1.165, 1.54) is 6.08 Å². The maximum atomic E-state index is 11.9. The van der Waals surface area contributed by atoms with Crippen LogP contribution in [-0.4, -0.2) is 32.8 Å². The van der Waals surface area contributed by atoms with Gasteiger partial charge in [0, 0.05) is 30.4 Å². The molecule has 1 heterocycles. The molecule has 0 fully saturated rings. The second-order valence-electron chi connectivity index (χ2n) is 5.50. The molecule has 6 heteroatoms. The Kier molecular flexibility index (Phi) is 5.69. The summed E-state index contributed by atoms with van der Waals surface area (Å²) >= 11 is 0. The molecule has 0 spiro atoms. The van der Waals surface area contributed by atoms with E-state index in [9.17, 15) is 9.59 Å². The zero-order valence-electron chi connectivity index (χ0n) is 13.2. The van der Waals surface area contributed by atoms with E-state index in [-0.39, 0.29) is 24.3 Å². The number of aliphatic carboxylic acids is 1. The van der Waals surface area contributed by atoms with Crippen molar-refractivity contribution in [1.82, 2.24) is 15.1 Å². The van der Waals surface area contributed by atoms with Gasteiger partial charge in [-0.1, -0.05) is 13.8 Å². The van der Waals surface area contributed by atoms with Gasteiger partial charge in [0.05, 0.1) is 12.1 Å². The third kappa shape index (κ3) is 4.73. The summed E-state index contributed by atoms with van der Waals surface area (Å²) in [5.41, 5.74) is 2.74. The first-order valence-electron chi connectivity index (χ1n) is 6.93. The Balaban J connectivity index is 2.76. The molecule has 0 saturated carbocycles. The van der Waals surface area contributed by atoms with E-state index in [4.69, 9.17) is 5.11 Å². The second kappa shape index (κ2) is 7.06. The summed E-state index contributed by atoms with van der Waals surface area (Å²) in [7, 11) is 1.85. The number of nitrogens with one attached hydrogen (secondary N) is 1. The molecule has 1 aromatic rings. The molecule has 0 aliphatic rings. The molecular weight excluding hydrogens is 270 g/mol. The summed E-state index contributed by atoms with van der Waals surface area (Å²) in [6.07, 6.45) is 3.06. The molecule has 1 amide bonds. The highest BCUT2D eigenvalue weighted by atomic mass is 16.4. The molecule has 0 aliphatic heterocycles. The smallest absolute Gasteiger partial charge is 0.305 e. The number of carbonyl (C=O) groups is 2. The predicted octanol–water partition coefficient (Wildman–Crippen LogP) is 1.67. The number of rotatable bonds is 6. The van der Waals surface area contributed by atoms with E-state index in [1.807, 2.05) is 34.7 Å². The molecule has 0 radical (unpaired) electrons. The van der Waals surface area contributed by atoms with Crippen molar-refractivity contribution in [3.8, 4) is 0 Å². The predicted molar refractivity (Wildman–Crippen MR) is 80.7 cm³/mol. The molecule has 0 bridgehead atoms. The number of hydrogen-bond donors (Lipinski definition) is 2. The summed E-state index contributed by atoms with van der Waals surface area (Å²) in [5, 5.41) is 15.9. The van der Waals surface area contributed by atoms with Crippen LogP contribution in [0.3, 0.4) is 0 Å². The number of amides is 1. The Morgan fingerprint density at radius 1 is 1.38 bits per heavy atom. The fraction of sp³-hybridized carbons (Fsp3) is 0.533. The molecule has 0 saturated heterocycles. The summed E-state index contributed by atoms with van der Waals surface area (Å²) in [6, 6.07) is -0.379. The van der Waals surface area contributed by atoms with Gasteiger partial charge < -0.3 is 10.4 Å². The van der Waals surface area contributed by atoms with Gasteiger partial charge in [0.15, 0.2) is 0 Å². The van der Waals surface area contributed by atoms with Crippen LogP contribution in [0.4, 0.5) is 0 Å². The topological polar surface area (TPSA) is 84.2 Å². The number of nitrogens with zero attached hydrogens (tertiary/aromatic N) is 2. The lowest BCUT2D eigenvalue weighted by atomic mass is 10.0. The first-order valence-corrected chi connectivity index (χ1v) is 6.93. The highest BCUT2D eigenvalue weighted by Gasteiger charge is 2.18. The molecule has 1 atom stereocenters.